The van der Waals surface area contributed by atoms with E-state index in [9.17, 15) is 18.0 Å². The van der Waals surface area contributed by atoms with Gasteiger partial charge in [0.25, 0.3) is 10.0 Å². The van der Waals surface area contributed by atoms with E-state index in [-0.39, 0.29) is 23.4 Å². The Bertz CT molecular complexity index is 1470. The van der Waals surface area contributed by atoms with E-state index < -0.39 is 28.5 Å². The van der Waals surface area contributed by atoms with Crippen molar-refractivity contribution in [3.63, 3.8) is 0 Å². The Morgan fingerprint density at radius 2 is 1.58 bits per heavy atom. The van der Waals surface area contributed by atoms with Crippen molar-refractivity contribution in [1.82, 2.24) is 10.2 Å². The summed E-state index contributed by atoms with van der Waals surface area (Å²) in [7, 11) is -2.66. The third kappa shape index (κ3) is 8.30. The molecule has 4 rings (SSSR count). The molecule has 8 nitrogen and oxygen atoms in total. The molecule has 230 valence electrons. The molecule has 1 atom stereocenters. The van der Waals surface area contributed by atoms with E-state index in [1.807, 2.05) is 13.8 Å². The normalized spacial score (nSPS) is 14.5. The van der Waals surface area contributed by atoms with Crippen molar-refractivity contribution in [2.45, 2.75) is 75.9 Å². The van der Waals surface area contributed by atoms with Gasteiger partial charge in [0.1, 0.15) is 18.3 Å². The first-order valence-corrected chi connectivity index (χ1v) is 16.5. The predicted molar refractivity (Wildman–Crippen MR) is 170 cm³/mol. The lowest BCUT2D eigenvalue weighted by Gasteiger charge is -2.34. The fraction of sp³-hybridized carbons (Fsp3) is 0.394. The molecule has 1 aliphatic rings. The number of ether oxygens (including phenoxy) is 1. The SMILES string of the molecule is CC[C@@H](C(=O)NC1CCCCC1)N(Cc1ccc(Cl)cc1)C(=O)CN(c1ccc(C)cc1)S(=O)(=O)c1ccc(OC)cc1. The van der Waals surface area contributed by atoms with Gasteiger partial charge in [0.15, 0.2) is 0 Å². The van der Waals surface area contributed by atoms with E-state index in [2.05, 4.69) is 5.32 Å². The molecule has 0 spiro atoms. The lowest BCUT2D eigenvalue weighted by atomic mass is 9.95. The number of aryl methyl sites for hydroxylation is 1. The second-order valence-corrected chi connectivity index (χ2v) is 13.2. The van der Waals surface area contributed by atoms with Crippen LogP contribution in [0, 0.1) is 6.92 Å². The van der Waals surface area contributed by atoms with Crippen molar-refractivity contribution in [3.8, 4) is 5.75 Å². The number of nitrogens with one attached hydrogen (secondary N) is 1. The average Bonchev–Trinajstić information content (AvgIpc) is 3.01. The van der Waals surface area contributed by atoms with Crippen LogP contribution in [0.3, 0.4) is 0 Å². The first-order valence-electron chi connectivity index (χ1n) is 14.7. The van der Waals surface area contributed by atoms with Crippen LogP contribution in [0.1, 0.15) is 56.6 Å². The maximum absolute atomic E-state index is 14.2. The first kappa shape index (κ1) is 32.4. The Hall–Kier alpha value is -3.56. The highest BCUT2D eigenvalue weighted by atomic mass is 35.5. The van der Waals surface area contributed by atoms with Gasteiger partial charge in [0, 0.05) is 17.6 Å². The van der Waals surface area contributed by atoms with Crippen LogP contribution in [0.5, 0.6) is 5.75 Å². The van der Waals surface area contributed by atoms with Crippen molar-refractivity contribution in [2.75, 3.05) is 18.0 Å². The molecule has 3 aromatic rings. The summed E-state index contributed by atoms with van der Waals surface area (Å²) in [5.74, 6) is -0.198. The maximum atomic E-state index is 14.2. The fourth-order valence-electron chi connectivity index (χ4n) is 5.36. The van der Waals surface area contributed by atoms with Gasteiger partial charge in [-0.3, -0.25) is 13.9 Å². The van der Waals surface area contributed by atoms with Gasteiger partial charge in [-0.25, -0.2) is 8.42 Å². The minimum absolute atomic E-state index is 0.0213. The standard InChI is InChI=1S/C33H40ClN3O5S/c1-4-31(33(39)35-27-8-6-5-7-9-27)36(22-25-12-14-26(34)15-13-25)32(38)23-37(28-16-10-24(2)11-17-28)43(40,41)30-20-18-29(42-3)19-21-30/h10-21,27,31H,4-9,22-23H2,1-3H3,(H,35,39)/t31-/m0/s1. The zero-order valence-corrected chi connectivity index (χ0v) is 26.5. The molecule has 0 saturated heterocycles. The van der Waals surface area contributed by atoms with Gasteiger partial charge in [0.05, 0.1) is 17.7 Å². The highest BCUT2D eigenvalue weighted by Crippen LogP contribution is 2.27. The van der Waals surface area contributed by atoms with Crippen molar-refractivity contribution >= 4 is 39.1 Å². The molecular weight excluding hydrogens is 586 g/mol. The Kier molecular flexibility index (Phi) is 11.1. The number of rotatable bonds is 12. The second-order valence-electron chi connectivity index (χ2n) is 10.9. The zero-order chi connectivity index (χ0) is 31.0. The molecule has 0 heterocycles. The molecule has 3 aromatic carbocycles. The van der Waals surface area contributed by atoms with E-state index >= 15 is 0 Å². The quantitative estimate of drug-likeness (QED) is 0.262. The molecule has 1 aliphatic carbocycles. The Labute approximate surface area is 260 Å². The number of hydrogen-bond donors (Lipinski definition) is 1. The monoisotopic (exact) mass is 625 g/mol. The third-order valence-corrected chi connectivity index (χ3v) is 9.89. The second kappa shape index (κ2) is 14.8. The molecule has 1 N–H and O–H groups in total. The van der Waals surface area contributed by atoms with Crippen molar-refractivity contribution < 1.29 is 22.7 Å². The van der Waals surface area contributed by atoms with Gasteiger partial charge in [-0.2, -0.15) is 0 Å². The summed E-state index contributed by atoms with van der Waals surface area (Å²) in [5.41, 5.74) is 2.08. The number of benzene rings is 3. The molecule has 2 amide bonds. The molecule has 0 bridgehead atoms. The van der Waals surface area contributed by atoms with Gasteiger partial charge in [-0.05, 0) is 80.3 Å². The molecule has 0 aliphatic heterocycles. The van der Waals surface area contributed by atoms with Crippen LogP contribution < -0.4 is 14.4 Å². The van der Waals surface area contributed by atoms with Gasteiger partial charge in [-0.15, -0.1) is 0 Å². The molecule has 1 fully saturated rings. The number of amides is 2. The number of sulfonamides is 1. The van der Waals surface area contributed by atoms with Crippen LogP contribution in [-0.2, 0) is 26.2 Å². The third-order valence-electron chi connectivity index (χ3n) is 7.85. The number of halogens is 1. The van der Waals surface area contributed by atoms with E-state index in [0.717, 1.165) is 47.5 Å². The summed E-state index contributed by atoms with van der Waals surface area (Å²) in [5, 5.41) is 3.72. The van der Waals surface area contributed by atoms with Crippen LogP contribution in [0.4, 0.5) is 5.69 Å². The lowest BCUT2D eigenvalue weighted by Crippen LogP contribution is -2.54. The van der Waals surface area contributed by atoms with Gasteiger partial charge >= 0.3 is 0 Å². The van der Waals surface area contributed by atoms with Gasteiger partial charge < -0.3 is 15.0 Å². The highest BCUT2D eigenvalue weighted by Gasteiger charge is 2.34. The first-order chi connectivity index (χ1) is 20.6. The van der Waals surface area contributed by atoms with E-state index in [1.54, 1.807) is 60.7 Å². The Morgan fingerprint density at radius 3 is 2.16 bits per heavy atom. The Balaban J connectivity index is 1.69. The Morgan fingerprint density at radius 1 is 0.953 bits per heavy atom. The highest BCUT2D eigenvalue weighted by molar-refractivity contribution is 7.92. The number of methoxy groups -OCH3 is 1. The lowest BCUT2D eigenvalue weighted by molar-refractivity contribution is -0.140. The van der Waals surface area contributed by atoms with E-state index in [4.69, 9.17) is 16.3 Å². The number of hydrogen-bond acceptors (Lipinski definition) is 5. The van der Waals surface area contributed by atoms with E-state index in [0.29, 0.717) is 22.9 Å². The minimum atomic E-state index is -4.16. The maximum Gasteiger partial charge on any atom is 0.264 e. The molecule has 43 heavy (non-hydrogen) atoms. The minimum Gasteiger partial charge on any atom is -0.497 e. The number of nitrogens with zero attached hydrogens (tertiary/aromatic N) is 2. The molecule has 0 unspecified atom stereocenters. The molecule has 0 radical (unpaired) electrons. The van der Waals surface area contributed by atoms with Crippen LogP contribution in [0.2, 0.25) is 5.02 Å². The molecule has 0 aromatic heterocycles. The van der Waals surface area contributed by atoms with Crippen molar-refractivity contribution in [1.29, 1.82) is 0 Å². The smallest absolute Gasteiger partial charge is 0.264 e. The van der Waals surface area contributed by atoms with Crippen molar-refractivity contribution in [3.05, 3.63) is 88.9 Å². The predicted octanol–water partition coefficient (Wildman–Crippen LogP) is 6.11. The van der Waals surface area contributed by atoms with Gasteiger partial charge in [0.2, 0.25) is 11.8 Å². The molecule has 1 saturated carbocycles. The number of carbonyl (C=O) groups excluding carboxylic acids is 2. The fourth-order valence-corrected chi connectivity index (χ4v) is 6.91. The molecule has 10 heteroatoms. The van der Waals surface area contributed by atoms with Crippen LogP contribution in [0.25, 0.3) is 0 Å². The number of carbonyl (C=O) groups is 2. The van der Waals surface area contributed by atoms with E-state index in [1.165, 1.54) is 24.1 Å². The topological polar surface area (TPSA) is 96.0 Å². The summed E-state index contributed by atoms with van der Waals surface area (Å²) in [6.45, 7) is 3.40. The van der Waals surface area contributed by atoms with Crippen LogP contribution in [-0.4, -0.2) is 50.9 Å². The number of anilines is 1. The largest absolute Gasteiger partial charge is 0.497 e. The summed E-state index contributed by atoms with van der Waals surface area (Å²) < 4.78 is 34.4. The summed E-state index contributed by atoms with van der Waals surface area (Å²) in [6, 6.07) is 19.4. The zero-order valence-electron chi connectivity index (χ0n) is 25.0. The summed E-state index contributed by atoms with van der Waals surface area (Å²) in [6.07, 6.45) is 5.47. The van der Waals surface area contributed by atoms with Crippen LogP contribution in [0.15, 0.2) is 77.7 Å². The van der Waals surface area contributed by atoms with Gasteiger partial charge in [-0.1, -0.05) is 67.6 Å². The van der Waals surface area contributed by atoms with Crippen LogP contribution >= 0.6 is 11.6 Å². The summed E-state index contributed by atoms with van der Waals surface area (Å²) >= 11 is 6.11. The summed E-state index contributed by atoms with van der Waals surface area (Å²) in [4.78, 5) is 29.4. The van der Waals surface area contributed by atoms with Crippen molar-refractivity contribution in [2.24, 2.45) is 0 Å². The molecular formula is C33H40ClN3O5S. The average molecular weight is 626 g/mol.